The molecule has 0 atom stereocenters. The van der Waals surface area contributed by atoms with Crippen LogP contribution in [0.4, 0.5) is 34.1 Å². The molecule has 12 amide bonds. The van der Waals surface area contributed by atoms with Crippen molar-refractivity contribution in [3.05, 3.63) is 431 Å². The molecule has 12 aromatic rings. The summed E-state index contributed by atoms with van der Waals surface area (Å²) >= 11 is 0. The molecule has 24 nitrogen and oxygen atoms in total. The average molecular weight is 1630 g/mol. The van der Waals surface area contributed by atoms with Gasteiger partial charge in [0.15, 0.2) is 17.2 Å². The highest BCUT2D eigenvalue weighted by Crippen LogP contribution is 2.52. The zero-order chi connectivity index (χ0) is 86.2. The molecule has 6 N–H and O–H groups in total. The highest BCUT2D eigenvalue weighted by atomic mass is 16.3. The van der Waals surface area contributed by atoms with Crippen LogP contribution >= 0.6 is 0 Å². The van der Waals surface area contributed by atoms with Gasteiger partial charge in [0.05, 0.1) is 50.4 Å². The van der Waals surface area contributed by atoms with E-state index in [-0.39, 0.29) is 40.9 Å². The molecule has 0 saturated carbocycles. The summed E-state index contributed by atoms with van der Waals surface area (Å²) in [6, 6.07) is 84.2. The van der Waals surface area contributed by atoms with Gasteiger partial charge in [0.1, 0.15) is 17.2 Å². The number of carbonyl (C=O) groups excluding carboxylic acids is 12. The summed E-state index contributed by atoms with van der Waals surface area (Å²) in [5.74, 6) is -6.94. The molecule has 0 bridgehead atoms. The number of anilines is 6. The fraction of sp³-hybridized carbons (Fsp3) is 0.0303. The molecule has 6 aliphatic heterocycles. The van der Waals surface area contributed by atoms with Gasteiger partial charge in [-0.2, -0.15) is 0 Å². The van der Waals surface area contributed by atoms with Crippen LogP contribution in [0.2, 0.25) is 0 Å². The van der Waals surface area contributed by atoms with Crippen molar-refractivity contribution < 1.29 is 88.2 Å². The zero-order valence-corrected chi connectivity index (χ0v) is 64.4. The van der Waals surface area contributed by atoms with Crippen LogP contribution < -0.4 is 29.4 Å². The lowest BCUT2D eigenvalue weighted by Crippen LogP contribution is -2.32. The van der Waals surface area contributed by atoms with Crippen molar-refractivity contribution in [2.45, 2.75) is 16.2 Å². The SMILES string of the molecule is O=C1C=CC(=O)N1c1ccc(C(c2ccc(O)cc2)(c2ccc(N3C(=O)C=CC3=O)cc2)c2cc(O)c(O)c(O)c2)cc1.O=C1C=CC(=O)N1c1ccc(C(c2ccc(O)cc2)(c2ccc(O)cc2)c2ccc(N3C(=O)C=CC3=O)cc2)cc1.O=C1C=CC(=O)N1c1ccc(C(c2ccccc2)(c2ccccc2)c2ccc(N3C(=O)C=CC3=O)cc2)cc1. The predicted octanol–water partition coefficient (Wildman–Crippen LogP) is 13.0. The molecule has 0 unspecified atom stereocenters. The van der Waals surface area contributed by atoms with Crippen molar-refractivity contribution >= 4 is 105 Å². The second-order valence-corrected chi connectivity index (χ2v) is 28.8. The largest absolute Gasteiger partial charge is 0.508 e. The molecule has 12 aromatic carbocycles. The van der Waals surface area contributed by atoms with Crippen LogP contribution in [-0.4, -0.2) is 102 Å². The highest BCUT2D eigenvalue weighted by Gasteiger charge is 2.44. The van der Waals surface area contributed by atoms with Crippen molar-refractivity contribution in [1.82, 2.24) is 0 Å². The van der Waals surface area contributed by atoms with Gasteiger partial charge in [-0.3, -0.25) is 57.5 Å². The van der Waals surface area contributed by atoms with Gasteiger partial charge in [0, 0.05) is 72.9 Å². The number of hydrogen-bond donors (Lipinski definition) is 6. The van der Waals surface area contributed by atoms with E-state index in [9.17, 15) is 88.2 Å². The fourth-order valence-corrected chi connectivity index (χ4v) is 16.4. The Labute approximate surface area is 700 Å². The maximum Gasteiger partial charge on any atom is 0.258 e. The summed E-state index contributed by atoms with van der Waals surface area (Å²) in [6.45, 7) is 0. The first-order valence-corrected chi connectivity index (χ1v) is 38.1. The van der Waals surface area contributed by atoms with E-state index in [0.29, 0.717) is 56.4 Å². The van der Waals surface area contributed by atoms with Crippen LogP contribution in [0, 0.1) is 0 Å². The van der Waals surface area contributed by atoms with Crippen LogP contribution in [0.1, 0.15) is 66.8 Å². The summed E-state index contributed by atoms with van der Waals surface area (Å²) < 4.78 is 0. The summed E-state index contributed by atoms with van der Waals surface area (Å²) in [6.07, 6.45) is 14.6. The van der Waals surface area contributed by atoms with Gasteiger partial charge < -0.3 is 30.6 Å². The Morgan fingerprint density at radius 1 is 0.163 bits per heavy atom. The van der Waals surface area contributed by atoms with Gasteiger partial charge >= 0.3 is 0 Å². The molecule has 0 spiro atoms. The van der Waals surface area contributed by atoms with Crippen LogP contribution in [0.5, 0.6) is 34.5 Å². The number of nitrogens with zero attached hydrogens (tertiary/aromatic N) is 6. The molecule has 6 heterocycles. The number of carbonyl (C=O) groups is 12. The molecule has 123 heavy (non-hydrogen) atoms. The van der Waals surface area contributed by atoms with Crippen LogP contribution in [0.3, 0.4) is 0 Å². The van der Waals surface area contributed by atoms with E-state index in [1.165, 1.54) is 97.2 Å². The number of aromatic hydroxyl groups is 6. The van der Waals surface area contributed by atoms with Gasteiger partial charge in [0.25, 0.3) is 70.9 Å². The van der Waals surface area contributed by atoms with Crippen LogP contribution in [0.25, 0.3) is 0 Å². The standard InChI is InChI=1S/C33H22N2O8.C33H22N2O6.C33H22N2O4/c36-25-11-5-21(6-12-25)33(22-17-26(37)32(43)27(38)18-22,19-1-7-23(8-2-19)34-28(39)13-14-29(34)40)20-3-9-24(10-4-20)35-30(41)15-16-31(35)42;36-27-13-5-23(6-14-27)33(24-7-15-28(37)16-8-24,21-1-9-25(10-2-21)34-29(38)17-18-30(34)39)22-3-11-26(12-4-22)35-31(40)19-20-32(35)41;36-29-19-20-30(37)34(29)27-15-11-25(12-16-27)33(23-7-3-1-4-8-23,24-9-5-2-6-10-24)26-13-17-28(18-14-26)35-31(38)21-22-32(35)39/h1-18,36-38,43H;1-20,36-37H;1-22H. The minimum atomic E-state index is -1.36. The van der Waals surface area contributed by atoms with Crippen LogP contribution in [0.15, 0.2) is 364 Å². The number of imide groups is 6. The Balaban J connectivity index is 0.000000137. The lowest BCUT2D eigenvalue weighted by atomic mass is 9.65. The van der Waals surface area contributed by atoms with Crippen molar-refractivity contribution in [2.24, 2.45) is 0 Å². The molecule has 24 heteroatoms. The summed E-state index contributed by atoms with van der Waals surface area (Å²) in [5, 5.41) is 61.7. The number of hydrogen-bond acceptors (Lipinski definition) is 18. The molecule has 600 valence electrons. The first-order valence-electron chi connectivity index (χ1n) is 38.1. The fourth-order valence-electron chi connectivity index (χ4n) is 16.4. The maximum absolute atomic E-state index is 12.3. The predicted molar refractivity (Wildman–Crippen MR) is 454 cm³/mol. The summed E-state index contributed by atoms with van der Waals surface area (Å²) in [7, 11) is 0. The van der Waals surface area contributed by atoms with Crippen LogP contribution in [-0.2, 0) is 73.8 Å². The van der Waals surface area contributed by atoms with Crippen molar-refractivity contribution in [1.29, 1.82) is 0 Å². The minimum absolute atomic E-state index is 0.0168. The van der Waals surface area contributed by atoms with Crippen molar-refractivity contribution in [3.8, 4) is 34.5 Å². The first kappa shape index (κ1) is 79.6. The van der Waals surface area contributed by atoms with Crippen molar-refractivity contribution in [3.63, 3.8) is 0 Å². The number of phenolic OH excluding ortho intramolecular Hbond substituents is 6. The number of amides is 12. The lowest BCUT2D eigenvalue weighted by Gasteiger charge is -2.37. The van der Waals surface area contributed by atoms with Gasteiger partial charge in [-0.05, 0) is 188 Å². The molecular weight excluding hydrogens is 1560 g/mol. The Bertz CT molecular complexity index is 6070. The van der Waals surface area contributed by atoms with E-state index in [0.717, 1.165) is 73.9 Å². The van der Waals surface area contributed by atoms with E-state index in [1.807, 2.05) is 84.9 Å². The molecule has 0 aromatic heterocycles. The second-order valence-electron chi connectivity index (χ2n) is 28.8. The first-order chi connectivity index (χ1) is 59.4. The molecular formula is C99H66N6O18. The Kier molecular flexibility index (Phi) is 20.9. The van der Waals surface area contributed by atoms with E-state index in [4.69, 9.17) is 0 Å². The number of benzene rings is 12. The minimum Gasteiger partial charge on any atom is -0.508 e. The number of phenols is 6. The van der Waals surface area contributed by atoms with Gasteiger partial charge in [0.2, 0.25) is 0 Å². The summed E-state index contributed by atoms with van der Waals surface area (Å²) in [5.41, 5.74) is 8.09. The van der Waals surface area contributed by atoms with E-state index >= 15 is 0 Å². The lowest BCUT2D eigenvalue weighted by molar-refractivity contribution is -0.121. The van der Waals surface area contributed by atoms with Crippen molar-refractivity contribution in [2.75, 3.05) is 29.4 Å². The molecule has 0 aliphatic carbocycles. The third-order valence-electron chi connectivity index (χ3n) is 22.0. The summed E-state index contributed by atoms with van der Waals surface area (Å²) in [4.78, 5) is 154. The second kappa shape index (κ2) is 32.3. The average Bonchev–Trinajstić information content (AvgIpc) is 0.856. The molecule has 0 radical (unpaired) electrons. The van der Waals surface area contributed by atoms with E-state index in [1.54, 1.807) is 158 Å². The van der Waals surface area contributed by atoms with E-state index in [2.05, 4.69) is 24.3 Å². The highest BCUT2D eigenvalue weighted by molar-refractivity contribution is 6.31. The Morgan fingerprint density at radius 2 is 0.301 bits per heavy atom. The monoisotopic (exact) mass is 1630 g/mol. The third-order valence-corrected chi connectivity index (χ3v) is 22.0. The van der Waals surface area contributed by atoms with E-state index < -0.39 is 80.8 Å². The Morgan fingerprint density at radius 3 is 0.463 bits per heavy atom. The van der Waals surface area contributed by atoms with Gasteiger partial charge in [-0.1, -0.05) is 170 Å². The maximum atomic E-state index is 12.3. The quantitative estimate of drug-likeness (QED) is 0.0264. The van der Waals surface area contributed by atoms with Gasteiger partial charge in [-0.15, -0.1) is 0 Å². The molecule has 0 saturated heterocycles. The Hall–Kier alpha value is -17.3. The molecule has 18 rings (SSSR count). The third kappa shape index (κ3) is 14.2. The number of rotatable bonds is 18. The van der Waals surface area contributed by atoms with Gasteiger partial charge in [-0.25, -0.2) is 29.4 Å². The normalized spacial score (nSPS) is 14.9. The smallest absolute Gasteiger partial charge is 0.258 e. The topological polar surface area (TPSA) is 346 Å². The zero-order valence-electron chi connectivity index (χ0n) is 64.4. The molecule has 6 aliphatic rings. The molecule has 0 fully saturated rings.